The van der Waals surface area contributed by atoms with Crippen LogP contribution in [0.5, 0.6) is 0 Å². The summed E-state index contributed by atoms with van der Waals surface area (Å²) in [6.45, 7) is 10.9. The van der Waals surface area contributed by atoms with E-state index in [1.54, 1.807) is 4.90 Å². The van der Waals surface area contributed by atoms with E-state index in [1.165, 1.54) is 6.33 Å². The van der Waals surface area contributed by atoms with Crippen LogP contribution in [-0.2, 0) is 9.59 Å². The van der Waals surface area contributed by atoms with Crippen molar-refractivity contribution in [1.82, 2.24) is 35.5 Å². The van der Waals surface area contributed by atoms with E-state index in [9.17, 15) is 9.59 Å². The van der Waals surface area contributed by atoms with Gasteiger partial charge in [0.05, 0.1) is 5.92 Å². The molecular formula is C19H29N7O3. The predicted molar refractivity (Wildman–Crippen MR) is 104 cm³/mol. The van der Waals surface area contributed by atoms with Gasteiger partial charge in [0.25, 0.3) is 0 Å². The Balaban J connectivity index is 1.74. The second-order valence-electron chi connectivity index (χ2n) is 8.88. The summed E-state index contributed by atoms with van der Waals surface area (Å²) in [5.74, 6) is 0.638. The van der Waals surface area contributed by atoms with E-state index in [0.717, 1.165) is 12.8 Å². The number of likely N-dealkylation sites (tertiary alicyclic amines) is 1. The van der Waals surface area contributed by atoms with Crippen LogP contribution in [0.15, 0.2) is 10.9 Å². The lowest BCUT2D eigenvalue weighted by Crippen LogP contribution is -2.48. The Kier molecular flexibility index (Phi) is 5.99. The summed E-state index contributed by atoms with van der Waals surface area (Å²) in [5, 5.41) is 13.5. The molecule has 158 valence electrons. The Bertz CT molecular complexity index is 838. The molecule has 0 aromatic carbocycles. The number of H-pyrrole nitrogens is 1. The summed E-state index contributed by atoms with van der Waals surface area (Å²) in [7, 11) is 0. The maximum Gasteiger partial charge on any atom is 0.250 e. The van der Waals surface area contributed by atoms with Gasteiger partial charge in [-0.1, -0.05) is 39.8 Å². The van der Waals surface area contributed by atoms with Crippen LogP contribution in [0.3, 0.4) is 0 Å². The van der Waals surface area contributed by atoms with Gasteiger partial charge in [-0.05, 0) is 18.3 Å². The van der Waals surface area contributed by atoms with E-state index in [0.29, 0.717) is 24.8 Å². The number of rotatable bonds is 5. The summed E-state index contributed by atoms with van der Waals surface area (Å²) in [4.78, 5) is 35.6. The Morgan fingerprint density at radius 1 is 1.34 bits per heavy atom. The highest BCUT2D eigenvalue weighted by Gasteiger charge is 2.36. The minimum Gasteiger partial charge on any atom is -0.343 e. The Morgan fingerprint density at radius 2 is 2.10 bits per heavy atom. The summed E-state index contributed by atoms with van der Waals surface area (Å²) < 4.78 is 5.43. The van der Waals surface area contributed by atoms with Crippen LogP contribution in [0.4, 0.5) is 0 Å². The molecule has 0 bridgehead atoms. The summed E-state index contributed by atoms with van der Waals surface area (Å²) in [5.41, 5.74) is -0.358. The second kappa shape index (κ2) is 8.30. The van der Waals surface area contributed by atoms with Crippen LogP contribution in [-0.4, -0.2) is 55.1 Å². The molecule has 3 rings (SSSR count). The topological polar surface area (TPSA) is 130 Å². The summed E-state index contributed by atoms with van der Waals surface area (Å²) >= 11 is 0. The third-order valence-corrected chi connectivity index (χ3v) is 5.07. The molecule has 10 heteroatoms. The molecule has 3 heterocycles. The Labute approximate surface area is 169 Å². The van der Waals surface area contributed by atoms with Crippen molar-refractivity contribution < 1.29 is 14.1 Å². The maximum atomic E-state index is 13.0. The third-order valence-electron chi connectivity index (χ3n) is 5.07. The molecule has 0 radical (unpaired) electrons. The number of carbonyl (C=O) groups excluding carboxylic acids is 2. The Hall–Kier alpha value is -2.78. The minimum absolute atomic E-state index is 0.0768. The number of amides is 2. The van der Waals surface area contributed by atoms with Crippen molar-refractivity contribution in [3.8, 4) is 11.6 Å². The Morgan fingerprint density at radius 3 is 2.72 bits per heavy atom. The number of carbonyl (C=O) groups is 2. The molecule has 2 atom stereocenters. The van der Waals surface area contributed by atoms with Crippen molar-refractivity contribution in [2.45, 2.75) is 53.5 Å². The minimum atomic E-state index is -0.477. The smallest absolute Gasteiger partial charge is 0.250 e. The molecular weight excluding hydrogens is 374 g/mol. The van der Waals surface area contributed by atoms with Crippen LogP contribution in [0.2, 0.25) is 0 Å². The SMILES string of the molecule is CC(C)C(=O)N1CCC[C@H](C(=O)N[C@@H](c2nc(-c3ncn[nH]3)no2)C(C)(C)C)C1. The van der Waals surface area contributed by atoms with Crippen molar-refractivity contribution in [3.63, 3.8) is 0 Å². The van der Waals surface area contributed by atoms with Gasteiger partial charge < -0.3 is 14.7 Å². The number of nitrogens with zero attached hydrogens (tertiary/aromatic N) is 5. The van der Waals surface area contributed by atoms with E-state index in [4.69, 9.17) is 4.52 Å². The van der Waals surface area contributed by atoms with Gasteiger partial charge in [0.15, 0.2) is 5.82 Å². The molecule has 1 saturated heterocycles. The monoisotopic (exact) mass is 403 g/mol. The van der Waals surface area contributed by atoms with Gasteiger partial charge in [0, 0.05) is 19.0 Å². The number of aromatic amines is 1. The highest BCUT2D eigenvalue weighted by molar-refractivity contribution is 5.82. The highest BCUT2D eigenvalue weighted by atomic mass is 16.5. The van der Waals surface area contributed by atoms with Gasteiger partial charge in [-0.2, -0.15) is 10.1 Å². The van der Waals surface area contributed by atoms with Crippen LogP contribution in [0.1, 0.15) is 59.4 Å². The molecule has 2 aromatic heterocycles. The van der Waals surface area contributed by atoms with Gasteiger partial charge in [-0.25, -0.2) is 4.98 Å². The molecule has 1 aliphatic rings. The first kappa shape index (κ1) is 20.9. The van der Waals surface area contributed by atoms with Crippen LogP contribution >= 0.6 is 0 Å². The molecule has 0 spiro atoms. The molecule has 2 amide bonds. The molecule has 1 fully saturated rings. The highest BCUT2D eigenvalue weighted by Crippen LogP contribution is 2.33. The normalized spacial score (nSPS) is 18.7. The standard InChI is InChI=1S/C19H29N7O3/c1-11(2)18(28)26-8-6-7-12(9-26)16(27)22-13(19(3,4)5)17-23-15(25-29-17)14-20-10-21-24-14/h10-13H,6-9H2,1-5H3,(H,22,27)(H,20,21,24)/t12-,13-/m0/s1. The average Bonchev–Trinajstić information content (AvgIpc) is 3.35. The predicted octanol–water partition coefficient (Wildman–Crippen LogP) is 1.95. The average molecular weight is 403 g/mol. The van der Waals surface area contributed by atoms with Crippen molar-refractivity contribution in [3.05, 3.63) is 12.2 Å². The van der Waals surface area contributed by atoms with E-state index in [1.807, 2.05) is 34.6 Å². The molecule has 10 nitrogen and oxygen atoms in total. The second-order valence-corrected chi connectivity index (χ2v) is 8.88. The fraction of sp³-hybridized carbons (Fsp3) is 0.684. The molecule has 0 unspecified atom stereocenters. The lowest BCUT2D eigenvalue weighted by atomic mass is 9.85. The van der Waals surface area contributed by atoms with Gasteiger partial charge in [0.1, 0.15) is 12.4 Å². The summed E-state index contributed by atoms with van der Waals surface area (Å²) in [6.07, 6.45) is 2.92. The third kappa shape index (κ3) is 4.80. The first-order valence-corrected chi connectivity index (χ1v) is 9.95. The van der Waals surface area contributed by atoms with Crippen molar-refractivity contribution in [2.24, 2.45) is 17.3 Å². The van der Waals surface area contributed by atoms with Crippen molar-refractivity contribution >= 4 is 11.8 Å². The molecule has 0 aliphatic carbocycles. The zero-order chi connectivity index (χ0) is 21.2. The lowest BCUT2D eigenvalue weighted by Gasteiger charge is -2.35. The fourth-order valence-corrected chi connectivity index (χ4v) is 3.43. The van der Waals surface area contributed by atoms with Gasteiger partial charge >= 0.3 is 0 Å². The molecule has 1 aliphatic heterocycles. The fourth-order valence-electron chi connectivity index (χ4n) is 3.43. The van der Waals surface area contributed by atoms with Crippen molar-refractivity contribution in [1.29, 1.82) is 0 Å². The quantitative estimate of drug-likeness (QED) is 0.780. The number of aromatic nitrogens is 5. The number of hydrogen-bond acceptors (Lipinski definition) is 7. The van der Waals surface area contributed by atoms with Gasteiger partial charge in [-0.15, -0.1) is 0 Å². The zero-order valence-electron chi connectivity index (χ0n) is 17.6. The van der Waals surface area contributed by atoms with Crippen LogP contribution in [0.25, 0.3) is 11.6 Å². The molecule has 29 heavy (non-hydrogen) atoms. The summed E-state index contributed by atoms with van der Waals surface area (Å²) in [6, 6.07) is -0.477. The number of nitrogens with one attached hydrogen (secondary N) is 2. The van der Waals surface area contributed by atoms with Crippen molar-refractivity contribution in [2.75, 3.05) is 13.1 Å². The number of hydrogen-bond donors (Lipinski definition) is 2. The lowest BCUT2D eigenvalue weighted by molar-refractivity contribution is -0.138. The molecule has 2 N–H and O–H groups in total. The van der Waals surface area contributed by atoms with Gasteiger partial charge in [0.2, 0.25) is 23.5 Å². The van der Waals surface area contributed by atoms with E-state index in [-0.39, 0.29) is 34.9 Å². The first-order chi connectivity index (χ1) is 13.7. The molecule has 2 aromatic rings. The zero-order valence-corrected chi connectivity index (χ0v) is 17.6. The van der Waals surface area contributed by atoms with E-state index >= 15 is 0 Å². The maximum absolute atomic E-state index is 13.0. The largest absolute Gasteiger partial charge is 0.343 e. The van der Waals surface area contributed by atoms with Crippen LogP contribution < -0.4 is 5.32 Å². The van der Waals surface area contributed by atoms with E-state index in [2.05, 4.69) is 30.6 Å². The molecule has 0 saturated carbocycles. The van der Waals surface area contributed by atoms with Gasteiger partial charge in [-0.3, -0.25) is 14.7 Å². The number of piperidine rings is 1. The van der Waals surface area contributed by atoms with E-state index < -0.39 is 6.04 Å². The first-order valence-electron chi connectivity index (χ1n) is 9.95. The van der Waals surface area contributed by atoms with Crippen LogP contribution in [0, 0.1) is 17.3 Å².